The molecule has 9 nitrogen and oxygen atoms in total. The molecule has 0 atom stereocenters. The number of hydrogen-bond acceptors (Lipinski definition) is 6. The molecule has 0 fully saturated rings. The maximum Gasteiger partial charge on any atom is 0.257 e. The highest BCUT2D eigenvalue weighted by Gasteiger charge is 2.10. The fourth-order valence-corrected chi connectivity index (χ4v) is 4.95. The van der Waals surface area contributed by atoms with Crippen molar-refractivity contribution in [1.82, 2.24) is 20.4 Å². The first kappa shape index (κ1) is 46.9. The number of halogens is 2. The van der Waals surface area contributed by atoms with Crippen molar-refractivity contribution in [3.63, 3.8) is 0 Å². The second-order valence-electron chi connectivity index (χ2n) is 10.8. The van der Waals surface area contributed by atoms with E-state index in [1.165, 1.54) is 11.1 Å². The molecule has 2 amide bonds. The Morgan fingerprint density at radius 3 is 1.09 bits per heavy atom. The van der Waals surface area contributed by atoms with Crippen LogP contribution < -0.4 is 20.1 Å². The van der Waals surface area contributed by atoms with Crippen molar-refractivity contribution in [1.29, 1.82) is 0 Å². The summed E-state index contributed by atoms with van der Waals surface area (Å²) in [6.07, 6.45) is 0. The van der Waals surface area contributed by atoms with Crippen molar-refractivity contribution in [2.45, 2.75) is 69.2 Å². The molecule has 0 heterocycles. The Kier molecular flexibility index (Phi) is 26.7. The minimum absolute atomic E-state index is 0. The third-order valence-corrected chi connectivity index (χ3v) is 7.19. The number of rotatable bonds is 16. The molecule has 0 aliphatic heterocycles. The fraction of sp³-hybridized carbons (Fsp3) is 0.588. The van der Waals surface area contributed by atoms with Crippen LogP contribution in [0.5, 0.6) is 11.5 Å². The van der Waals surface area contributed by atoms with Crippen LogP contribution in [0.25, 0.3) is 0 Å². The summed E-state index contributed by atoms with van der Waals surface area (Å²) < 4.78 is 11.3. The summed E-state index contributed by atoms with van der Waals surface area (Å²) in [7, 11) is 0. The average Bonchev–Trinajstić information content (AvgIpc) is 2.92. The molecule has 2 rings (SSSR count). The molecule has 2 aromatic carbocycles. The molecule has 11 heteroatoms. The number of aryl methyl sites for hydroxylation is 6. The molecule has 0 aliphatic carbocycles. The van der Waals surface area contributed by atoms with E-state index in [1.807, 2.05) is 27.7 Å². The summed E-state index contributed by atoms with van der Waals surface area (Å²) in [4.78, 5) is 28.2. The molecule has 0 aromatic heterocycles. The highest BCUT2D eigenvalue weighted by atomic mass is 35.5. The molecular weight excluding hydrogens is 615 g/mol. The Bertz CT molecular complexity index is 992. The molecule has 4 N–H and O–H groups in total. The van der Waals surface area contributed by atoms with Crippen LogP contribution in [0.2, 0.25) is 0 Å². The van der Waals surface area contributed by atoms with Crippen molar-refractivity contribution in [2.75, 3.05) is 65.6 Å². The Hall–Kier alpha value is -2.56. The number of nitrogens with zero attached hydrogens (tertiary/aromatic N) is 2. The zero-order valence-electron chi connectivity index (χ0n) is 29.2. The van der Waals surface area contributed by atoms with Gasteiger partial charge < -0.3 is 35.4 Å². The Morgan fingerprint density at radius 2 is 0.844 bits per heavy atom. The Balaban J connectivity index is -0.000000735. The summed E-state index contributed by atoms with van der Waals surface area (Å²) >= 11 is 0. The van der Waals surface area contributed by atoms with Gasteiger partial charge in [0.05, 0.1) is 0 Å². The number of ether oxygens (including phenoxy) is 2. The monoisotopic (exact) mass is 674 g/mol. The minimum Gasteiger partial charge on any atom is -0.483 e. The van der Waals surface area contributed by atoms with Gasteiger partial charge in [0.25, 0.3) is 11.8 Å². The van der Waals surface area contributed by atoms with E-state index in [9.17, 15) is 9.59 Å². The zero-order valence-corrected chi connectivity index (χ0v) is 30.9. The maximum atomic E-state index is 11.8. The summed E-state index contributed by atoms with van der Waals surface area (Å²) in [5.41, 5.74) is 6.71. The van der Waals surface area contributed by atoms with Gasteiger partial charge in [-0.1, -0.05) is 63.1 Å². The Morgan fingerprint density at radius 1 is 0.578 bits per heavy atom. The normalized spacial score (nSPS) is 10.0. The van der Waals surface area contributed by atoms with E-state index in [1.54, 1.807) is 0 Å². The molecule has 2 aromatic rings. The van der Waals surface area contributed by atoms with Crippen LogP contribution in [0, 0.1) is 41.5 Å². The van der Waals surface area contributed by atoms with Crippen molar-refractivity contribution < 1.29 is 24.5 Å². The molecule has 0 unspecified atom stereocenters. The molecule has 0 aliphatic rings. The SMILES string of the molecule is CCN(CC)CCNC(=O)COc1c(C)cc(C)cc1C.CCN(CC)CCNC(=O)COc1c(C)cc(C)cc1C.Cl.Cl.O. The number of benzene rings is 2. The van der Waals surface area contributed by atoms with E-state index in [4.69, 9.17) is 9.47 Å². The van der Waals surface area contributed by atoms with Crippen LogP contribution in [-0.2, 0) is 9.59 Å². The number of amides is 2. The van der Waals surface area contributed by atoms with E-state index >= 15 is 0 Å². The van der Waals surface area contributed by atoms with Gasteiger partial charge in [-0.05, 0) is 90.0 Å². The van der Waals surface area contributed by atoms with Crippen LogP contribution in [0.15, 0.2) is 24.3 Å². The highest BCUT2D eigenvalue weighted by Crippen LogP contribution is 2.25. The fourth-order valence-electron chi connectivity index (χ4n) is 4.95. The second-order valence-corrected chi connectivity index (χ2v) is 10.8. The first-order chi connectivity index (χ1) is 19.9. The first-order valence-electron chi connectivity index (χ1n) is 15.3. The molecule has 260 valence electrons. The van der Waals surface area contributed by atoms with Crippen molar-refractivity contribution in [3.05, 3.63) is 57.6 Å². The quantitative estimate of drug-likeness (QED) is 0.261. The van der Waals surface area contributed by atoms with Gasteiger partial charge in [-0.15, -0.1) is 24.8 Å². The maximum absolute atomic E-state index is 11.8. The molecule has 0 bridgehead atoms. The van der Waals surface area contributed by atoms with E-state index in [0.717, 1.165) is 73.0 Å². The lowest BCUT2D eigenvalue weighted by molar-refractivity contribution is -0.123. The molecule has 0 saturated heterocycles. The van der Waals surface area contributed by atoms with Crippen molar-refractivity contribution in [2.24, 2.45) is 0 Å². The molecule has 45 heavy (non-hydrogen) atoms. The molecule has 0 spiro atoms. The molecule has 0 radical (unpaired) electrons. The number of nitrogens with one attached hydrogen (secondary N) is 2. The van der Waals surface area contributed by atoms with Gasteiger partial charge in [0, 0.05) is 26.2 Å². The summed E-state index contributed by atoms with van der Waals surface area (Å²) in [6, 6.07) is 8.28. The van der Waals surface area contributed by atoms with Crippen LogP contribution in [-0.4, -0.2) is 92.7 Å². The predicted molar refractivity (Wildman–Crippen MR) is 192 cm³/mol. The Labute approximate surface area is 284 Å². The second kappa shape index (κ2) is 25.6. The third kappa shape index (κ3) is 18.2. The number of carbonyl (C=O) groups excluding carboxylic acids is 2. The largest absolute Gasteiger partial charge is 0.483 e. The van der Waals surface area contributed by atoms with Gasteiger partial charge in [-0.25, -0.2) is 0 Å². The lowest BCUT2D eigenvalue weighted by atomic mass is 10.1. The van der Waals surface area contributed by atoms with Gasteiger partial charge >= 0.3 is 0 Å². The van der Waals surface area contributed by atoms with Gasteiger partial charge in [0.2, 0.25) is 0 Å². The smallest absolute Gasteiger partial charge is 0.257 e. The van der Waals surface area contributed by atoms with Crippen LogP contribution in [0.1, 0.15) is 61.1 Å². The predicted octanol–water partition coefficient (Wildman–Crippen LogP) is 4.92. The van der Waals surface area contributed by atoms with Gasteiger partial charge in [0.1, 0.15) is 11.5 Å². The molecule has 0 saturated carbocycles. The van der Waals surface area contributed by atoms with E-state index in [0.29, 0.717) is 13.1 Å². The zero-order chi connectivity index (χ0) is 31.7. The van der Waals surface area contributed by atoms with Crippen LogP contribution >= 0.6 is 24.8 Å². The lowest BCUT2D eigenvalue weighted by Crippen LogP contribution is -2.36. The van der Waals surface area contributed by atoms with Crippen molar-refractivity contribution in [3.8, 4) is 11.5 Å². The van der Waals surface area contributed by atoms with E-state index < -0.39 is 0 Å². The summed E-state index contributed by atoms with van der Waals surface area (Å²) in [5, 5.41) is 5.79. The standard InChI is InChI=1S/2C17H28N2O2.2ClH.H2O/c2*1-6-19(7-2)9-8-18-16(20)12-21-17-14(4)10-13(3)11-15(17)5;;;/h2*10-11H,6-9,12H2,1-5H3,(H,18,20);2*1H;1H2. The topological polar surface area (TPSA) is 115 Å². The lowest BCUT2D eigenvalue weighted by Gasteiger charge is -2.18. The van der Waals surface area contributed by atoms with E-state index in [2.05, 4.69) is 86.2 Å². The number of likely N-dealkylation sites (N-methyl/N-ethyl adjacent to an activating group) is 2. The summed E-state index contributed by atoms with van der Waals surface area (Å²) in [5.74, 6) is 1.50. The summed E-state index contributed by atoms with van der Waals surface area (Å²) in [6.45, 7) is 27.9. The van der Waals surface area contributed by atoms with E-state index in [-0.39, 0.29) is 55.3 Å². The van der Waals surface area contributed by atoms with Crippen LogP contribution in [0.4, 0.5) is 0 Å². The molecular formula is C34H60Cl2N4O5. The third-order valence-electron chi connectivity index (χ3n) is 7.19. The number of hydrogen-bond donors (Lipinski definition) is 2. The highest BCUT2D eigenvalue weighted by molar-refractivity contribution is 5.85. The van der Waals surface area contributed by atoms with Gasteiger partial charge in [-0.3, -0.25) is 9.59 Å². The number of carbonyl (C=O) groups is 2. The van der Waals surface area contributed by atoms with Crippen molar-refractivity contribution >= 4 is 36.6 Å². The average molecular weight is 676 g/mol. The van der Waals surface area contributed by atoms with Gasteiger partial charge in [-0.2, -0.15) is 0 Å². The first-order valence-corrected chi connectivity index (χ1v) is 15.3. The minimum atomic E-state index is -0.0680. The van der Waals surface area contributed by atoms with Gasteiger partial charge in [0.15, 0.2) is 13.2 Å². The van der Waals surface area contributed by atoms with Crippen LogP contribution in [0.3, 0.4) is 0 Å².